The van der Waals surface area contributed by atoms with Gasteiger partial charge in [-0.05, 0) is 43.3 Å². The molecule has 9 heteroatoms. The SMILES string of the molecule is CC(=O)c1ccccc1NC(=O)COC(=O)CSCC(=O)Nc1ccc(F)cc1. The van der Waals surface area contributed by atoms with Crippen LogP contribution in [0.1, 0.15) is 17.3 Å². The third-order valence-corrected chi connectivity index (χ3v) is 4.43. The van der Waals surface area contributed by atoms with Crippen molar-refractivity contribution in [2.24, 2.45) is 0 Å². The highest BCUT2D eigenvalue weighted by Crippen LogP contribution is 2.15. The topological polar surface area (TPSA) is 102 Å². The van der Waals surface area contributed by atoms with Gasteiger partial charge in [0.2, 0.25) is 5.91 Å². The van der Waals surface area contributed by atoms with Crippen LogP contribution in [0.4, 0.5) is 15.8 Å². The number of para-hydroxylation sites is 1. The number of ketones is 1. The summed E-state index contributed by atoms with van der Waals surface area (Å²) < 4.78 is 17.7. The number of halogens is 1. The van der Waals surface area contributed by atoms with Gasteiger partial charge in [-0.1, -0.05) is 12.1 Å². The average Bonchev–Trinajstić information content (AvgIpc) is 2.68. The van der Waals surface area contributed by atoms with Gasteiger partial charge >= 0.3 is 5.97 Å². The number of carbonyl (C=O) groups excluding carboxylic acids is 4. The minimum absolute atomic E-state index is 0.00927. The lowest BCUT2D eigenvalue weighted by Crippen LogP contribution is -2.23. The molecule has 0 aliphatic rings. The van der Waals surface area contributed by atoms with E-state index in [9.17, 15) is 23.6 Å². The summed E-state index contributed by atoms with van der Waals surface area (Å²) >= 11 is 1.02. The zero-order valence-electron chi connectivity index (χ0n) is 15.6. The van der Waals surface area contributed by atoms with Crippen molar-refractivity contribution in [1.82, 2.24) is 0 Å². The maximum atomic E-state index is 12.8. The number of nitrogens with one attached hydrogen (secondary N) is 2. The molecule has 0 unspecified atom stereocenters. The van der Waals surface area contributed by atoms with Gasteiger partial charge in [-0.2, -0.15) is 0 Å². The van der Waals surface area contributed by atoms with Gasteiger partial charge in [0, 0.05) is 11.3 Å². The summed E-state index contributed by atoms with van der Waals surface area (Å²) in [5.41, 5.74) is 1.14. The first-order valence-electron chi connectivity index (χ1n) is 8.54. The minimum Gasteiger partial charge on any atom is -0.455 e. The molecule has 0 aliphatic carbocycles. The summed E-state index contributed by atoms with van der Waals surface area (Å²) in [6.07, 6.45) is 0. The molecule has 2 rings (SSSR count). The molecule has 0 fully saturated rings. The van der Waals surface area contributed by atoms with Crippen LogP contribution in [0.15, 0.2) is 48.5 Å². The molecule has 2 N–H and O–H groups in total. The number of carbonyl (C=O) groups is 4. The molecule has 0 bridgehead atoms. The van der Waals surface area contributed by atoms with Crippen LogP contribution in [0.5, 0.6) is 0 Å². The Morgan fingerprint density at radius 1 is 0.931 bits per heavy atom. The van der Waals surface area contributed by atoms with Crippen LogP contribution >= 0.6 is 11.8 Å². The summed E-state index contributed by atoms with van der Waals surface area (Å²) in [7, 11) is 0. The van der Waals surface area contributed by atoms with Crippen molar-refractivity contribution in [2.45, 2.75) is 6.92 Å². The zero-order valence-corrected chi connectivity index (χ0v) is 16.4. The molecule has 2 aromatic rings. The number of benzene rings is 2. The summed E-state index contributed by atoms with van der Waals surface area (Å²) in [6.45, 7) is 0.877. The Labute approximate surface area is 171 Å². The first kappa shape index (κ1) is 22.1. The molecule has 0 heterocycles. The predicted octanol–water partition coefficient (Wildman–Crippen LogP) is 2.88. The summed E-state index contributed by atoms with van der Waals surface area (Å²) in [6, 6.07) is 11.8. The lowest BCUT2D eigenvalue weighted by molar-refractivity contribution is -0.144. The summed E-state index contributed by atoms with van der Waals surface area (Å²) in [5.74, 6) is -2.32. The number of rotatable bonds is 9. The van der Waals surface area contributed by atoms with Gasteiger partial charge in [0.05, 0.1) is 17.2 Å². The van der Waals surface area contributed by atoms with Gasteiger partial charge in [-0.3, -0.25) is 19.2 Å². The van der Waals surface area contributed by atoms with E-state index in [0.717, 1.165) is 11.8 Å². The monoisotopic (exact) mass is 418 g/mol. The number of anilines is 2. The molecule has 0 saturated heterocycles. The molecular formula is C20H19FN2O5S. The number of ether oxygens (including phenoxy) is 1. The van der Waals surface area contributed by atoms with Crippen molar-refractivity contribution in [3.8, 4) is 0 Å². The highest BCUT2D eigenvalue weighted by molar-refractivity contribution is 8.00. The first-order chi connectivity index (χ1) is 13.8. The highest BCUT2D eigenvalue weighted by atomic mass is 32.2. The third kappa shape index (κ3) is 7.74. The van der Waals surface area contributed by atoms with Crippen molar-refractivity contribution in [3.63, 3.8) is 0 Å². The fourth-order valence-electron chi connectivity index (χ4n) is 2.23. The molecule has 7 nitrogen and oxygen atoms in total. The van der Waals surface area contributed by atoms with Crippen molar-refractivity contribution in [1.29, 1.82) is 0 Å². The second-order valence-electron chi connectivity index (χ2n) is 5.86. The molecule has 2 aromatic carbocycles. The van der Waals surface area contributed by atoms with Crippen molar-refractivity contribution >= 4 is 46.7 Å². The molecule has 0 saturated carbocycles. The van der Waals surface area contributed by atoms with Crippen molar-refractivity contribution < 1.29 is 28.3 Å². The van der Waals surface area contributed by atoms with Crippen LogP contribution in [0.25, 0.3) is 0 Å². The maximum Gasteiger partial charge on any atom is 0.316 e. The van der Waals surface area contributed by atoms with Gasteiger partial charge in [0.1, 0.15) is 5.82 Å². The van der Waals surface area contributed by atoms with E-state index in [0.29, 0.717) is 16.9 Å². The van der Waals surface area contributed by atoms with Crippen LogP contribution in [0, 0.1) is 5.82 Å². The Kier molecular flexibility index (Phi) is 8.35. The molecule has 0 radical (unpaired) electrons. The number of hydrogen-bond donors (Lipinski definition) is 2. The standard InChI is InChI=1S/C20H19FN2O5S/c1-13(24)16-4-2-3-5-17(16)23-18(25)10-28-20(27)12-29-11-19(26)22-15-8-6-14(21)7-9-15/h2-9H,10-12H2,1H3,(H,22,26)(H,23,25). The molecule has 29 heavy (non-hydrogen) atoms. The van der Waals surface area contributed by atoms with Gasteiger partial charge in [0.15, 0.2) is 12.4 Å². The zero-order chi connectivity index (χ0) is 21.2. The Balaban J connectivity index is 1.68. The predicted molar refractivity (Wildman–Crippen MR) is 108 cm³/mol. The summed E-state index contributed by atoms with van der Waals surface area (Å²) in [5, 5.41) is 5.08. The van der Waals surface area contributed by atoms with Gasteiger partial charge in [0.25, 0.3) is 5.91 Å². The van der Waals surface area contributed by atoms with Gasteiger partial charge in [-0.15, -0.1) is 11.8 Å². The van der Waals surface area contributed by atoms with Gasteiger partial charge in [-0.25, -0.2) is 4.39 Å². The van der Waals surface area contributed by atoms with Crippen LogP contribution in [-0.2, 0) is 19.1 Å². The maximum absolute atomic E-state index is 12.8. The third-order valence-electron chi connectivity index (χ3n) is 3.53. The normalized spacial score (nSPS) is 10.1. The molecule has 0 atom stereocenters. The fourth-order valence-corrected chi connectivity index (χ4v) is 2.84. The minimum atomic E-state index is -0.653. The van der Waals surface area contributed by atoms with Crippen molar-refractivity contribution in [2.75, 3.05) is 28.7 Å². The number of hydrogen-bond acceptors (Lipinski definition) is 6. The first-order valence-corrected chi connectivity index (χ1v) is 9.69. The van der Waals surface area contributed by atoms with E-state index >= 15 is 0 Å². The highest BCUT2D eigenvalue weighted by Gasteiger charge is 2.12. The van der Waals surface area contributed by atoms with E-state index in [1.54, 1.807) is 24.3 Å². The second kappa shape index (κ2) is 11.0. The van der Waals surface area contributed by atoms with Crippen LogP contribution < -0.4 is 10.6 Å². The number of amides is 2. The van der Waals surface area contributed by atoms with Crippen LogP contribution in [0.2, 0.25) is 0 Å². The molecule has 152 valence electrons. The Morgan fingerprint density at radius 3 is 2.31 bits per heavy atom. The van der Waals surface area contributed by atoms with E-state index in [-0.39, 0.29) is 23.2 Å². The van der Waals surface area contributed by atoms with E-state index in [4.69, 9.17) is 4.74 Å². The molecule has 0 aromatic heterocycles. The number of Topliss-reactive ketones (excluding diaryl/α,β-unsaturated/α-hetero) is 1. The molecular weight excluding hydrogens is 399 g/mol. The molecule has 0 aliphatic heterocycles. The van der Waals surface area contributed by atoms with Gasteiger partial charge < -0.3 is 15.4 Å². The lowest BCUT2D eigenvalue weighted by atomic mass is 10.1. The fraction of sp³-hybridized carbons (Fsp3) is 0.200. The summed E-state index contributed by atoms with van der Waals surface area (Å²) in [4.78, 5) is 46.9. The average molecular weight is 418 g/mol. The van der Waals surface area contributed by atoms with Crippen molar-refractivity contribution in [3.05, 3.63) is 59.9 Å². The van der Waals surface area contributed by atoms with Crippen LogP contribution in [0.3, 0.4) is 0 Å². The Bertz CT molecular complexity index is 902. The Morgan fingerprint density at radius 2 is 1.62 bits per heavy atom. The molecule has 0 spiro atoms. The largest absolute Gasteiger partial charge is 0.455 e. The molecule has 2 amide bonds. The van der Waals surface area contributed by atoms with Crippen LogP contribution in [-0.4, -0.2) is 41.7 Å². The smallest absolute Gasteiger partial charge is 0.316 e. The quantitative estimate of drug-likeness (QED) is 0.480. The van der Waals surface area contributed by atoms with E-state index in [1.807, 2.05) is 0 Å². The number of thioether (sulfide) groups is 1. The Hall–Kier alpha value is -3.20. The number of esters is 1. The van der Waals surface area contributed by atoms with E-state index in [2.05, 4.69) is 10.6 Å². The van der Waals surface area contributed by atoms with E-state index in [1.165, 1.54) is 31.2 Å². The lowest BCUT2D eigenvalue weighted by Gasteiger charge is -2.09. The second-order valence-corrected chi connectivity index (χ2v) is 6.84. The van der Waals surface area contributed by atoms with E-state index < -0.39 is 24.3 Å².